The Morgan fingerprint density at radius 3 is 2.60 bits per heavy atom. The van der Waals surface area contributed by atoms with E-state index in [2.05, 4.69) is 19.9 Å². The van der Waals surface area contributed by atoms with Gasteiger partial charge in [0.25, 0.3) is 5.91 Å². The van der Waals surface area contributed by atoms with Crippen LogP contribution in [-0.2, 0) is 10.3 Å². The minimum atomic E-state index is -0.534. The average molecular weight is 401 g/mol. The highest BCUT2D eigenvalue weighted by molar-refractivity contribution is 6.12. The van der Waals surface area contributed by atoms with E-state index in [0.29, 0.717) is 5.56 Å². The van der Waals surface area contributed by atoms with Crippen molar-refractivity contribution in [1.82, 2.24) is 4.57 Å². The van der Waals surface area contributed by atoms with E-state index in [1.807, 2.05) is 58.0 Å². The largest absolute Gasteiger partial charge is 0.300 e. The van der Waals surface area contributed by atoms with Gasteiger partial charge in [0.1, 0.15) is 0 Å². The van der Waals surface area contributed by atoms with Gasteiger partial charge >= 0.3 is 0 Å². The highest BCUT2D eigenvalue weighted by Crippen LogP contribution is 2.50. The van der Waals surface area contributed by atoms with Crippen molar-refractivity contribution in [2.45, 2.75) is 57.9 Å². The molecule has 1 aromatic heterocycles. The van der Waals surface area contributed by atoms with Crippen molar-refractivity contribution in [1.29, 1.82) is 0 Å². The van der Waals surface area contributed by atoms with Crippen LogP contribution in [0.25, 0.3) is 10.9 Å². The summed E-state index contributed by atoms with van der Waals surface area (Å²) in [6.45, 7) is 4.34. The molecule has 0 saturated carbocycles. The fourth-order valence-electron chi connectivity index (χ4n) is 5.47. The van der Waals surface area contributed by atoms with Crippen LogP contribution in [0, 0.1) is 5.92 Å². The van der Waals surface area contributed by atoms with Crippen molar-refractivity contribution in [3.63, 3.8) is 0 Å². The molecular weight excluding hydrogens is 372 g/mol. The predicted molar refractivity (Wildman–Crippen MR) is 120 cm³/mol. The van der Waals surface area contributed by atoms with Crippen molar-refractivity contribution in [3.05, 3.63) is 65.9 Å². The Labute approximate surface area is 177 Å². The van der Waals surface area contributed by atoms with Crippen LogP contribution < -0.4 is 4.90 Å². The van der Waals surface area contributed by atoms with Crippen LogP contribution in [0.5, 0.6) is 0 Å². The molecule has 1 saturated heterocycles. The summed E-state index contributed by atoms with van der Waals surface area (Å²) in [6.07, 6.45) is 6.33. The fraction of sp³-hybridized carbons (Fsp3) is 0.385. The summed E-state index contributed by atoms with van der Waals surface area (Å²) in [5.41, 5.74) is 2.65. The number of unbranched alkanes of at least 4 members (excludes halogenated alkanes) is 3. The first-order chi connectivity index (χ1) is 14.6. The number of amides is 1. The standard InChI is InChI=1S/C26H28N2O2/c1-3-4-5-6-12-19-17-26(2)23-16-18-11-7-9-14-21(18)27(23)25(30)20-13-8-10-15-22(20)28(26)24(19)29/h7-11,13-16,19H,3-6,12,17H2,1-2H3. The van der Waals surface area contributed by atoms with Gasteiger partial charge in [-0.2, -0.15) is 0 Å². The Hall–Kier alpha value is -2.88. The van der Waals surface area contributed by atoms with Crippen LogP contribution >= 0.6 is 0 Å². The Morgan fingerprint density at radius 2 is 1.77 bits per heavy atom. The maximum atomic E-state index is 13.7. The van der Waals surface area contributed by atoms with Gasteiger partial charge in [-0.25, -0.2) is 0 Å². The molecule has 2 atom stereocenters. The minimum Gasteiger partial charge on any atom is -0.300 e. The van der Waals surface area contributed by atoms with Gasteiger partial charge in [0, 0.05) is 11.3 Å². The molecule has 2 aliphatic heterocycles. The minimum absolute atomic E-state index is 0.000392. The summed E-state index contributed by atoms with van der Waals surface area (Å²) >= 11 is 0. The molecular formula is C26H28N2O2. The summed E-state index contributed by atoms with van der Waals surface area (Å²) in [6, 6.07) is 17.7. The van der Waals surface area contributed by atoms with Gasteiger partial charge in [0.2, 0.25) is 5.91 Å². The van der Waals surface area contributed by atoms with E-state index >= 15 is 0 Å². The quantitative estimate of drug-likeness (QED) is 0.502. The van der Waals surface area contributed by atoms with Gasteiger partial charge < -0.3 is 0 Å². The number of carbonyl (C=O) groups excluding carboxylic acids is 2. The normalized spacial score (nSPS) is 22.7. The molecule has 5 rings (SSSR count). The molecule has 154 valence electrons. The molecule has 1 fully saturated rings. The third kappa shape index (κ3) is 2.66. The first-order valence-corrected chi connectivity index (χ1v) is 11.1. The second kappa shape index (κ2) is 7.12. The molecule has 2 unspecified atom stereocenters. The summed E-state index contributed by atoms with van der Waals surface area (Å²) in [5.74, 6) is 0.109. The summed E-state index contributed by atoms with van der Waals surface area (Å²) in [4.78, 5) is 29.2. The number of para-hydroxylation sites is 2. The first-order valence-electron chi connectivity index (χ1n) is 11.1. The zero-order valence-electron chi connectivity index (χ0n) is 17.7. The van der Waals surface area contributed by atoms with Gasteiger partial charge in [0.15, 0.2) is 0 Å². The number of hydrogen-bond acceptors (Lipinski definition) is 2. The summed E-state index contributed by atoms with van der Waals surface area (Å²) in [5, 5.41) is 1.04. The number of carbonyl (C=O) groups is 2. The number of benzene rings is 2. The summed E-state index contributed by atoms with van der Waals surface area (Å²) in [7, 11) is 0. The molecule has 0 bridgehead atoms. The Balaban J connectivity index is 1.68. The Kier molecular flexibility index (Phi) is 4.53. The lowest BCUT2D eigenvalue weighted by Gasteiger charge is -2.34. The van der Waals surface area contributed by atoms with Crippen LogP contribution in [0.3, 0.4) is 0 Å². The summed E-state index contributed by atoms with van der Waals surface area (Å²) < 4.78 is 1.85. The topological polar surface area (TPSA) is 42.3 Å². The Morgan fingerprint density at radius 1 is 1.00 bits per heavy atom. The van der Waals surface area contributed by atoms with E-state index in [1.54, 1.807) is 0 Å². The number of rotatable bonds is 5. The molecule has 4 nitrogen and oxygen atoms in total. The zero-order valence-corrected chi connectivity index (χ0v) is 17.7. The van der Waals surface area contributed by atoms with Crippen molar-refractivity contribution in [2.24, 2.45) is 5.92 Å². The zero-order chi connectivity index (χ0) is 20.9. The highest BCUT2D eigenvalue weighted by atomic mass is 16.2. The maximum Gasteiger partial charge on any atom is 0.264 e. The van der Waals surface area contributed by atoms with E-state index in [9.17, 15) is 9.59 Å². The molecule has 30 heavy (non-hydrogen) atoms. The van der Waals surface area contributed by atoms with Crippen LogP contribution in [0.4, 0.5) is 5.69 Å². The van der Waals surface area contributed by atoms with Crippen LogP contribution in [0.1, 0.15) is 68.4 Å². The molecule has 4 heteroatoms. The molecule has 3 heterocycles. The third-order valence-corrected chi connectivity index (χ3v) is 6.95. The number of anilines is 1. The molecule has 2 aromatic carbocycles. The van der Waals surface area contributed by atoms with Crippen molar-refractivity contribution < 1.29 is 9.59 Å². The van der Waals surface area contributed by atoms with E-state index in [0.717, 1.165) is 41.5 Å². The van der Waals surface area contributed by atoms with E-state index < -0.39 is 5.54 Å². The average Bonchev–Trinajstić information content (AvgIpc) is 3.25. The maximum absolute atomic E-state index is 13.7. The number of fused-ring (bicyclic) bond motifs is 7. The second-order valence-corrected chi connectivity index (χ2v) is 8.94. The van der Waals surface area contributed by atoms with Gasteiger partial charge in [-0.3, -0.25) is 19.1 Å². The van der Waals surface area contributed by atoms with Crippen molar-refractivity contribution >= 4 is 28.4 Å². The molecule has 0 spiro atoms. The lowest BCUT2D eigenvalue weighted by Crippen LogP contribution is -2.41. The number of aromatic nitrogens is 1. The molecule has 3 aromatic rings. The van der Waals surface area contributed by atoms with Gasteiger partial charge in [-0.1, -0.05) is 62.9 Å². The molecule has 0 N–H and O–H groups in total. The molecule has 1 amide bonds. The first kappa shape index (κ1) is 19.1. The lowest BCUT2D eigenvalue weighted by molar-refractivity contribution is -0.120. The lowest BCUT2D eigenvalue weighted by atomic mass is 9.88. The van der Waals surface area contributed by atoms with E-state index in [4.69, 9.17) is 0 Å². The SMILES string of the molecule is CCCCCCC1CC2(C)c3cc4ccccc4n3C(=O)c3ccccc3N2C1=O. The van der Waals surface area contributed by atoms with E-state index in [-0.39, 0.29) is 17.7 Å². The molecule has 0 aliphatic carbocycles. The predicted octanol–water partition coefficient (Wildman–Crippen LogP) is 5.88. The monoisotopic (exact) mass is 400 g/mol. The van der Waals surface area contributed by atoms with Crippen LogP contribution in [0.15, 0.2) is 54.6 Å². The van der Waals surface area contributed by atoms with Gasteiger partial charge in [0.05, 0.1) is 28.0 Å². The smallest absolute Gasteiger partial charge is 0.264 e. The van der Waals surface area contributed by atoms with Crippen molar-refractivity contribution in [2.75, 3.05) is 4.90 Å². The number of nitrogens with zero attached hydrogens (tertiary/aromatic N) is 2. The highest BCUT2D eigenvalue weighted by Gasteiger charge is 2.53. The van der Waals surface area contributed by atoms with E-state index in [1.165, 1.54) is 19.3 Å². The second-order valence-electron chi connectivity index (χ2n) is 8.94. The number of hydrogen-bond donors (Lipinski definition) is 0. The molecule has 2 aliphatic rings. The molecule has 0 radical (unpaired) electrons. The Bertz CT molecular complexity index is 1140. The fourth-order valence-corrected chi connectivity index (χ4v) is 5.47. The van der Waals surface area contributed by atoms with Gasteiger partial charge in [-0.05, 0) is 44.0 Å². The van der Waals surface area contributed by atoms with Gasteiger partial charge in [-0.15, -0.1) is 0 Å². The van der Waals surface area contributed by atoms with Crippen LogP contribution in [-0.4, -0.2) is 16.4 Å². The van der Waals surface area contributed by atoms with Crippen molar-refractivity contribution in [3.8, 4) is 0 Å². The van der Waals surface area contributed by atoms with Crippen LogP contribution in [0.2, 0.25) is 0 Å². The third-order valence-electron chi connectivity index (χ3n) is 6.95.